The molecule has 0 aromatic carbocycles. The van der Waals surface area contributed by atoms with Crippen LogP contribution in [0.25, 0.3) is 0 Å². The smallest absolute Gasteiger partial charge is 0.233 e. The molecule has 0 heterocycles. The van der Waals surface area contributed by atoms with Crippen LogP contribution >= 0.6 is 0 Å². The van der Waals surface area contributed by atoms with Gasteiger partial charge in [-0.3, -0.25) is 4.79 Å². The van der Waals surface area contributed by atoms with Crippen molar-refractivity contribution in [2.75, 3.05) is 6.54 Å². The van der Waals surface area contributed by atoms with E-state index in [4.69, 9.17) is 5.73 Å². The maximum absolute atomic E-state index is 10.9. The molecule has 0 radical (unpaired) electrons. The molecule has 1 rings (SSSR count). The minimum atomic E-state index is -0.102. The Morgan fingerprint density at radius 2 is 2.00 bits per heavy atom. The predicted molar refractivity (Wildman–Crippen MR) is 49.0 cm³/mol. The van der Waals surface area contributed by atoms with Gasteiger partial charge in [-0.2, -0.15) is 0 Å². The van der Waals surface area contributed by atoms with Crippen LogP contribution in [0, 0.1) is 5.92 Å². The minimum absolute atomic E-state index is 0.0492. The van der Waals surface area contributed by atoms with Crippen LogP contribution in [-0.4, -0.2) is 24.8 Å². The zero-order valence-electron chi connectivity index (χ0n) is 7.66. The van der Waals surface area contributed by atoms with Gasteiger partial charge in [0.25, 0.3) is 0 Å². The van der Waals surface area contributed by atoms with Gasteiger partial charge in [0.2, 0.25) is 5.91 Å². The molecule has 0 spiro atoms. The van der Waals surface area contributed by atoms with Crippen LogP contribution in [0.3, 0.4) is 0 Å². The fraction of sp³-hybridized carbons (Fsp3) is 0.778. The Bertz CT molecular complexity index is 186. The highest BCUT2D eigenvalue weighted by Gasteiger charge is 2.21. The number of nitrogens with one attached hydrogen (secondary N) is 1. The monoisotopic (exact) mass is 184 g/mol. The van der Waals surface area contributed by atoms with Gasteiger partial charge in [-0.05, 0) is 25.7 Å². The van der Waals surface area contributed by atoms with Gasteiger partial charge in [0.05, 0.1) is 6.54 Å². The van der Waals surface area contributed by atoms with Crippen LogP contribution in [-0.2, 0) is 9.59 Å². The molecule has 4 heteroatoms. The summed E-state index contributed by atoms with van der Waals surface area (Å²) in [5, 5.41) is 2.83. The highest BCUT2D eigenvalue weighted by atomic mass is 16.1. The third-order valence-electron chi connectivity index (χ3n) is 2.51. The Hall–Kier alpha value is -0.900. The maximum atomic E-state index is 10.9. The molecule has 0 saturated heterocycles. The van der Waals surface area contributed by atoms with Gasteiger partial charge in [0.1, 0.15) is 6.29 Å². The SMILES string of the molecule is NCC(=O)NC1CCC(C=O)CC1. The first kappa shape index (κ1) is 10.2. The Morgan fingerprint density at radius 3 is 2.46 bits per heavy atom. The summed E-state index contributed by atoms with van der Waals surface area (Å²) in [6.07, 6.45) is 4.59. The molecule has 1 aliphatic carbocycles. The van der Waals surface area contributed by atoms with Gasteiger partial charge in [-0.1, -0.05) is 0 Å². The van der Waals surface area contributed by atoms with Crippen molar-refractivity contribution in [3.05, 3.63) is 0 Å². The first-order valence-corrected chi connectivity index (χ1v) is 4.71. The minimum Gasteiger partial charge on any atom is -0.352 e. The first-order valence-electron chi connectivity index (χ1n) is 4.71. The lowest BCUT2D eigenvalue weighted by molar-refractivity contribution is -0.120. The summed E-state index contributed by atoms with van der Waals surface area (Å²) in [5.74, 6) is 0.0978. The summed E-state index contributed by atoms with van der Waals surface area (Å²) in [6.45, 7) is 0.0492. The fourth-order valence-electron chi connectivity index (χ4n) is 1.69. The first-order chi connectivity index (χ1) is 6.26. The summed E-state index contributed by atoms with van der Waals surface area (Å²) >= 11 is 0. The van der Waals surface area contributed by atoms with Crippen molar-refractivity contribution in [1.29, 1.82) is 0 Å². The Labute approximate surface area is 77.9 Å². The molecule has 1 amide bonds. The highest BCUT2D eigenvalue weighted by Crippen LogP contribution is 2.22. The Kier molecular flexibility index (Phi) is 3.89. The fourth-order valence-corrected chi connectivity index (χ4v) is 1.69. The lowest BCUT2D eigenvalue weighted by atomic mass is 9.87. The van der Waals surface area contributed by atoms with E-state index in [9.17, 15) is 9.59 Å². The van der Waals surface area contributed by atoms with Gasteiger partial charge >= 0.3 is 0 Å². The average Bonchev–Trinajstić information content (AvgIpc) is 2.19. The van der Waals surface area contributed by atoms with Gasteiger partial charge in [0.15, 0.2) is 0 Å². The quantitative estimate of drug-likeness (QED) is 0.597. The molecule has 0 aromatic heterocycles. The molecule has 4 nitrogen and oxygen atoms in total. The van der Waals surface area contributed by atoms with Gasteiger partial charge in [0, 0.05) is 12.0 Å². The van der Waals surface area contributed by atoms with Crippen molar-refractivity contribution >= 4 is 12.2 Å². The van der Waals surface area contributed by atoms with Gasteiger partial charge in [-0.25, -0.2) is 0 Å². The van der Waals surface area contributed by atoms with E-state index in [2.05, 4.69) is 5.32 Å². The van der Waals surface area contributed by atoms with E-state index < -0.39 is 0 Å². The number of nitrogens with two attached hydrogens (primary N) is 1. The van der Waals surface area contributed by atoms with Crippen LogP contribution in [0.15, 0.2) is 0 Å². The van der Waals surface area contributed by atoms with Crippen molar-refractivity contribution in [3.8, 4) is 0 Å². The van der Waals surface area contributed by atoms with Crippen LogP contribution in [0.4, 0.5) is 0 Å². The number of carbonyl (C=O) groups excluding carboxylic acids is 2. The van der Waals surface area contributed by atoms with Gasteiger partial charge < -0.3 is 15.8 Å². The molecule has 0 unspecified atom stereocenters. The van der Waals surface area contributed by atoms with E-state index in [-0.39, 0.29) is 24.4 Å². The second-order valence-electron chi connectivity index (χ2n) is 3.52. The lowest BCUT2D eigenvalue weighted by Gasteiger charge is -2.25. The van der Waals surface area contributed by atoms with Crippen molar-refractivity contribution in [2.24, 2.45) is 11.7 Å². The van der Waals surface area contributed by atoms with Crippen molar-refractivity contribution in [1.82, 2.24) is 5.32 Å². The van der Waals surface area contributed by atoms with Crippen LogP contribution in [0.1, 0.15) is 25.7 Å². The van der Waals surface area contributed by atoms with Gasteiger partial charge in [-0.15, -0.1) is 0 Å². The standard InChI is InChI=1S/C9H16N2O2/c10-5-9(13)11-8-3-1-7(6-12)2-4-8/h6-8H,1-5,10H2,(H,11,13). The topological polar surface area (TPSA) is 72.2 Å². The van der Waals surface area contributed by atoms with Crippen molar-refractivity contribution < 1.29 is 9.59 Å². The van der Waals surface area contributed by atoms with E-state index in [1.54, 1.807) is 0 Å². The van der Waals surface area contributed by atoms with E-state index in [0.717, 1.165) is 32.0 Å². The molecular formula is C9H16N2O2. The molecule has 0 aromatic rings. The third-order valence-corrected chi connectivity index (χ3v) is 2.51. The summed E-state index contributed by atoms with van der Waals surface area (Å²) in [7, 11) is 0. The zero-order chi connectivity index (χ0) is 9.68. The van der Waals surface area contributed by atoms with E-state index >= 15 is 0 Å². The zero-order valence-corrected chi connectivity index (χ0v) is 7.66. The molecule has 0 bridgehead atoms. The van der Waals surface area contributed by atoms with Crippen LogP contribution in [0.2, 0.25) is 0 Å². The van der Waals surface area contributed by atoms with E-state index in [1.807, 2.05) is 0 Å². The maximum Gasteiger partial charge on any atom is 0.233 e. The molecule has 3 N–H and O–H groups in total. The molecule has 1 aliphatic rings. The summed E-state index contributed by atoms with van der Waals surface area (Å²) in [5.41, 5.74) is 5.17. The predicted octanol–water partition coefficient (Wildman–Crippen LogP) is -0.181. The van der Waals surface area contributed by atoms with E-state index in [0.29, 0.717) is 0 Å². The second kappa shape index (κ2) is 4.97. The largest absolute Gasteiger partial charge is 0.352 e. The average molecular weight is 184 g/mol. The molecule has 1 fully saturated rings. The number of aldehydes is 1. The van der Waals surface area contributed by atoms with Crippen molar-refractivity contribution in [3.63, 3.8) is 0 Å². The number of rotatable bonds is 3. The molecular weight excluding hydrogens is 168 g/mol. The van der Waals surface area contributed by atoms with Crippen LogP contribution in [0.5, 0.6) is 0 Å². The molecule has 0 atom stereocenters. The number of hydrogen-bond acceptors (Lipinski definition) is 3. The van der Waals surface area contributed by atoms with E-state index in [1.165, 1.54) is 0 Å². The second-order valence-corrected chi connectivity index (χ2v) is 3.52. The molecule has 0 aliphatic heterocycles. The lowest BCUT2D eigenvalue weighted by Crippen LogP contribution is -2.40. The summed E-state index contributed by atoms with van der Waals surface area (Å²) < 4.78 is 0. The molecule has 1 saturated carbocycles. The number of carbonyl (C=O) groups is 2. The summed E-state index contributed by atoms with van der Waals surface area (Å²) in [4.78, 5) is 21.4. The Balaban J connectivity index is 2.24. The Morgan fingerprint density at radius 1 is 1.38 bits per heavy atom. The number of hydrogen-bond donors (Lipinski definition) is 2. The highest BCUT2D eigenvalue weighted by molar-refractivity contribution is 5.78. The molecule has 13 heavy (non-hydrogen) atoms. The number of amides is 1. The van der Waals surface area contributed by atoms with Crippen molar-refractivity contribution in [2.45, 2.75) is 31.7 Å². The van der Waals surface area contributed by atoms with Crippen LogP contribution < -0.4 is 11.1 Å². The molecule has 74 valence electrons. The normalized spacial score (nSPS) is 28.1. The third kappa shape index (κ3) is 3.14. The summed E-state index contributed by atoms with van der Waals surface area (Å²) in [6, 6.07) is 0.229.